The van der Waals surface area contributed by atoms with Crippen LogP contribution in [-0.4, -0.2) is 60.0 Å². The molecule has 2 saturated heterocycles. The van der Waals surface area contributed by atoms with Gasteiger partial charge in [0, 0.05) is 0 Å². The van der Waals surface area contributed by atoms with E-state index in [1.165, 1.54) is 17.2 Å². The highest BCUT2D eigenvalue weighted by molar-refractivity contribution is 7.46. The van der Waals surface area contributed by atoms with Crippen LogP contribution in [0.25, 0.3) is 11.2 Å². The van der Waals surface area contributed by atoms with Crippen molar-refractivity contribution in [1.82, 2.24) is 19.5 Å². The first-order chi connectivity index (χ1) is 12.1. The molecule has 3 N–H and O–H groups in total. The average molecular weight is 388 g/mol. The Labute approximate surface area is 146 Å². The predicted octanol–water partition coefficient (Wildman–Crippen LogP) is -0.354. The van der Waals surface area contributed by atoms with Crippen LogP contribution in [0.1, 0.15) is 20.1 Å². The molecule has 0 spiro atoms. The van der Waals surface area contributed by atoms with Crippen LogP contribution in [-0.2, 0) is 23.3 Å². The van der Waals surface area contributed by atoms with Crippen LogP contribution in [0.15, 0.2) is 17.4 Å². The maximum atomic E-state index is 11.8. The highest BCUT2D eigenvalue weighted by atomic mass is 31.2. The third-order valence-electron chi connectivity index (χ3n) is 4.17. The smallest absolute Gasteiger partial charge is 0.347 e. The molecule has 2 aliphatic heterocycles. The Morgan fingerprint density at radius 1 is 1.35 bits per heavy atom. The third kappa shape index (κ3) is 3.09. The first kappa shape index (κ1) is 17.7. The van der Waals surface area contributed by atoms with Crippen LogP contribution in [0, 0.1) is 0 Å². The maximum Gasteiger partial charge on any atom is 0.469 e. The molecular weight excluding hydrogens is 371 g/mol. The summed E-state index contributed by atoms with van der Waals surface area (Å²) in [5.41, 5.74) is 0.0386. The van der Waals surface area contributed by atoms with Gasteiger partial charge in [-0.25, -0.2) is 14.5 Å². The molecule has 0 saturated carbocycles. The van der Waals surface area contributed by atoms with Crippen molar-refractivity contribution < 1.29 is 33.1 Å². The molecule has 0 aromatic carbocycles. The lowest BCUT2D eigenvalue weighted by Gasteiger charge is -2.24. The van der Waals surface area contributed by atoms with Crippen molar-refractivity contribution in [2.75, 3.05) is 6.61 Å². The monoisotopic (exact) mass is 388 g/mol. The summed E-state index contributed by atoms with van der Waals surface area (Å²) in [5, 5.41) is 0. The lowest BCUT2D eigenvalue weighted by Crippen LogP contribution is -2.32. The molecule has 2 fully saturated rings. The van der Waals surface area contributed by atoms with Gasteiger partial charge in [0.25, 0.3) is 5.56 Å². The van der Waals surface area contributed by atoms with Gasteiger partial charge < -0.3 is 29.0 Å². The van der Waals surface area contributed by atoms with Crippen LogP contribution >= 0.6 is 7.82 Å². The zero-order valence-corrected chi connectivity index (χ0v) is 14.7. The van der Waals surface area contributed by atoms with E-state index in [1.54, 1.807) is 13.8 Å². The standard InChI is InChI=1S/C13H17N4O8P/c1-13(2)24-8-6(3-22-26(19,20)21)23-12(9(8)25-13)17-5-16-7-10(17)14-4-15-11(7)18/h4-6,8-9,12H,3H2,1-2H3,(H,14,15,18)(H2,19,20,21). The van der Waals surface area contributed by atoms with Crippen LogP contribution in [0.5, 0.6) is 0 Å². The Morgan fingerprint density at radius 3 is 2.81 bits per heavy atom. The summed E-state index contributed by atoms with van der Waals surface area (Å²) in [5.74, 6) is -0.918. The number of hydrogen-bond acceptors (Lipinski definition) is 8. The Kier molecular flexibility index (Phi) is 4.04. The molecule has 26 heavy (non-hydrogen) atoms. The molecule has 4 unspecified atom stereocenters. The Hall–Kier alpha value is -1.66. The number of aromatic amines is 1. The second-order valence-corrected chi connectivity index (χ2v) is 7.71. The van der Waals surface area contributed by atoms with Crippen molar-refractivity contribution >= 4 is 19.0 Å². The van der Waals surface area contributed by atoms with Crippen molar-refractivity contribution in [1.29, 1.82) is 0 Å². The van der Waals surface area contributed by atoms with E-state index >= 15 is 0 Å². The third-order valence-corrected chi connectivity index (χ3v) is 4.66. The normalized spacial score (nSPS) is 30.8. The number of rotatable bonds is 4. The van der Waals surface area contributed by atoms with Crippen LogP contribution in [0.4, 0.5) is 0 Å². The summed E-state index contributed by atoms with van der Waals surface area (Å²) in [7, 11) is -4.67. The molecule has 142 valence electrons. The molecular formula is C13H17N4O8P. The molecule has 2 aliphatic rings. The van der Waals surface area contributed by atoms with E-state index in [9.17, 15) is 9.36 Å². The number of hydrogen-bond donors (Lipinski definition) is 3. The molecule has 12 nitrogen and oxygen atoms in total. The van der Waals surface area contributed by atoms with E-state index in [2.05, 4.69) is 19.5 Å². The minimum atomic E-state index is -4.67. The van der Waals surface area contributed by atoms with E-state index in [0.29, 0.717) is 5.65 Å². The lowest BCUT2D eigenvalue weighted by molar-refractivity contribution is -0.199. The van der Waals surface area contributed by atoms with Crippen molar-refractivity contribution in [2.24, 2.45) is 0 Å². The fourth-order valence-electron chi connectivity index (χ4n) is 3.24. The van der Waals surface area contributed by atoms with Crippen LogP contribution in [0.2, 0.25) is 0 Å². The maximum absolute atomic E-state index is 11.8. The number of nitrogens with zero attached hydrogens (tertiary/aromatic N) is 3. The van der Waals surface area contributed by atoms with E-state index in [4.69, 9.17) is 24.0 Å². The van der Waals surface area contributed by atoms with Gasteiger partial charge in [-0.05, 0) is 13.8 Å². The van der Waals surface area contributed by atoms with Gasteiger partial charge in [0.05, 0.1) is 19.3 Å². The summed E-state index contributed by atoms with van der Waals surface area (Å²) < 4.78 is 34.7. The zero-order chi connectivity index (χ0) is 18.7. The minimum Gasteiger partial charge on any atom is -0.347 e. The van der Waals surface area contributed by atoms with E-state index < -0.39 is 43.7 Å². The summed E-state index contributed by atoms with van der Waals surface area (Å²) in [4.78, 5) is 40.3. The molecule has 0 aliphatic carbocycles. The Balaban J connectivity index is 1.68. The highest BCUT2D eigenvalue weighted by Crippen LogP contribution is 2.45. The quantitative estimate of drug-likeness (QED) is 0.591. The molecule has 13 heteroatoms. The van der Waals surface area contributed by atoms with E-state index in [0.717, 1.165) is 0 Å². The van der Waals surface area contributed by atoms with Crippen molar-refractivity contribution in [2.45, 2.75) is 44.2 Å². The minimum absolute atomic E-state index is 0.140. The average Bonchev–Trinajstić information content (AvgIpc) is 3.16. The summed E-state index contributed by atoms with van der Waals surface area (Å²) in [6.45, 7) is 3.05. The van der Waals surface area contributed by atoms with Gasteiger partial charge in [0.1, 0.15) is 18.3 Å². The molecule has 4 atom stereocenters. The second kappa shape index (κ2) is 5.92. The number of H-pyrrole nitrogens is 1. The number of imidazole rings is 1. The number of phosphoric acid groups is 1. The van der Waals surface area contributed by atoms with Crippen molar-refractivity contribution in [3.63, 3.8) is 0 Å². The summed E-state index contributed by atoms with van der Waals surface area (Å²) in [6.07, 6.45) is -0.130. The van der Waals surface area contributed by atoms with Crippen LogP contribution < -0.4 is 5.56 Å². The summed E-state index contributed by atoms with van der Waals surface area (Å²) >= 11 is 0. The van der Waals surface area contributed by atoms with Gasteiger partial charge in [0.2, 0.25) is 0 Å². The number of phosphoric ester groups is 1. The van der Waals surface area contributed by atoms with Gasteiger partial charge in [-0.3, -0.25) is 13.9 Å². The molecule has 2 aromatic rings. The van der Waals surface area contributed by atoms with Crippen molar-refractivity contribution in [3.05, 3.63) is 23.0 Å². The van der Waals surface area contributed by atoms with E-state index in [-0.39, 0.29) is 12.1 Å². The molecule has 0 amide bonds. The molecule has 0 bridgehead atoms. The number of aromatic nitrogens is 4. The fraction of sp³-hybridized carbons (Fsp3) is 0.615. The molecule has 2 aromatic heterocycles. The van der Waals surface area contributed by atoms with Gasteiger partial charge in [-0.15, -0.1) is 0 Å². The predicted molar refractivity (Wildman–Crippen MR) is 83.9 cm³/mol. The Morgan fingerprint density at radius 2 is 2.08 bits per heavy atom. The van der Waals surface area contributed by atoms with E-state index in [1.807, 2.05) is 0 Å². The second-order valence-electron chi connectivity index (χ2n) is 6.47. The van der Waals surface area contributed by atoms with Crippen LogP contribution in [0.3, 0.4) is 0 Å². The Bertz CT molecular complexity index is 936. The SMILES string of the molecule is CC1(C)OC2C(COP(=O)(O)O)OC(n3cnc4c(=O)[nH]cnc43)C2O1. The summed E-state index contributed by atoms with van der Waals surface area (Å²) in [6, 6.07) is 0. The molecule has 0 radical (unpaired) electrons. The van der Waals surface area contributed by atoms with Gasteiger partial charge in [-0.2, -0.15) is 0 Å². The number of nitrogens with one attached hydrogen (secondary N) is 1. The zero-order valence-electron chi connectivity index (χ0n) is 13.8. The number of ether oxygens (including phenoxy) is 3. The fourth-order valence-corrected chi connectivity index (χ4v) is 3.58. The largest absolute Gasteiger partial charge is 0.469 e. The lowest BCUT2D eigenvalue weighted by atomic mass is 10.1. The van der Waals surface area contributed by atoms with Gasteiger partial charge in [-0.1, -0.05) is 0 Å². The topological polar surface area (TPSA) is 158 Å². The first-order valence-electron chi connectivity index (χ1n) is 7.76. The number of fused-ring (bicyclic) bond motifs is 2. The first-order valence-corrected chi connectivity index (χ1v) is 9.29. The highest BCUT2D eigenvalue weighted by Gasteiger charge is 2.56. The molecule has 4 heterocycles. The van der Waals surface area contributed by atoms with Gasteiger partial charge >= 0.3 is 7.82 Å². The molecule has 4 rings (SSSR count). The van der Waals surface area contributed by atoms with Crippen molar-refractivity contribution in [3.8, 4) is 0 Å². The van der Waals surface area contributed by atoms with Gasteiger partial charge in [0.15, 0.2) is 23.2 Å².